The summed E-state index contributed by atoms with van der Waals surface area (Å²) in [7, 11) is 0. The monoisotopic (exact) mass is 336 g/mol. The molecule has 0 aliphatic carbocycles. The molecule has 2 aromatic carbocycles. The smallest absolute Gasteiger partial charge is 0.264 e. The lowest BCUT2D eigenvalue weighted by Crippen LogP contribution is -2.12. The Bertz CT molecular complexity index is 958. The third-order valence-electron chi connectivity index (χ3n) is 4.35. The van der Waals surface area contributed by atoms with Crippen molar-refractivity contribution in [1.29, 1.82) is 0 Å². The molecule has 0 radical (unpaired) electrons. The molecule has 0 fully saturated rings. The number of benzene rings is 2. The largest absolute Gasteiger partial charge is 0.505 e. The molecule has 3 rings (SSSR count). The van der Waals surface area contributed by atoms with Crippen LogP contribution in [0.3, 0.4) is 0 Å². The van der Waals surface area contributed by atoms with Crippen molar-refractivity contribution in [3.63, 3.8) is 0 Å². The number of aromatic nitrogens is 1. The molecular weight excluding hydrogens is 316 g/mol. The first-order valence-corrected chi connectivity index (χ1v) is 7.96. The van der Waals surface area contributed by atoms with Crippen molar-refractivity contribution >= 4 is 11.6 Å². The van der Waals surface area contributed by atoms with Crippen LogP contribution in [0, 0.1) is 20.8 Å². The fourth-order valence-corrected chi connectivity index (χ4v) is 2.67. The van der Waals surface area contributed by atoms with Crippen LogP contribution in [-0.2, 0) is 0 Å². The van der Waals surface area contributed by atoms with Gasteiger partial charge in [-0.3, -0.25) is 9.36 Å². The highest BCUT2D eigenvalue weighted by Gasteiger charge is 2.23. The van der Waals surface area contributed by atoms with Crippen LogP contribution in [0.15, 0.2) is 48.7 Å². The van der Waals surface area contributed by atoms with Gasteiger partial charge in [-0.2, -0.15) is 0 Å². The summed E-state index contributed by atoms with van der Waals surface area (Å²) in [5.74, 6) is -1.14. The minimum atomic E-state index is -0.563. The van der Waals surface area contributed by atoms with Gasteiger partial charge in [0.15, 0.2) is 0 Å². The predicted octanol–water partition coefficient (Wildman–Crippen LogP) is 4.07. The second-order valence-corrected chi connectivity index (χ2v) is 6.12. The Balaban J connectivity index is 1.98. The zero-order valence-electron chi connectivity index (χ0n) is 14.4. The average molecular weight is 336 g/mol. The van der Waals surface area contributed by atoms with E-state index in [9.17, 15) is 15.0 Å². The van der Waals surface area contributed by atoms with Crippen LogP contribution in [-0.4, -0.2) is 20.7 Å². The SMILES string of the molecule is Cc1ccc(-n2cc(O)c(C(=O)Nc3ccccc3C)c2O)cc1C. The van der Waals surface area contributed by atoms with Crippen molar-refractivity contribution in [3.05, 3.63) is 70.9 Å². The van der Waals surface area contributed by atoms with Crippen molar-refractivity contribution < 1.29 is 15.0 Å². The Morgan fingerprint density at radius 2 is 1.68 bits per heavy atom. The number of nitrogens with one attached hydrogen (secondary N) is 1. The Kier molecular flexibility index (Phi) is 4.23. The summed E-state index contributed by atoms with van der Waals surface area (Å²) < 4.78 is 1.40. The second kappa shape index (κ2) is 6.36. The molecule has 5 nitrogen and oxygen atoms in total. The van der Waals surface area contributed by atoms with Gasteiger partial charge in [0.05, 0.1) is 6.20 Å². The molecule has 3 N–H and O–H groups in total. The van der Waals surface area contributed by atoms with Gasteiger partial charge in [-0.05, 0) is 55.7 Å². The average Bonchev–Trinajstić information content (AvgIpc) is 2.87. The third-order valence-corrected chi connectivity index (χ3v) is 4.35. The molecule has 0 bridgehead atoms. The lowest BCUT2D eigenvalue weighted by molar-refractivity contribution is 0.102. The van der Waals surface area contributed by atoms with Gasteiger partial charge in [0, 0.05) is 11.4 Å². The number of carbonyl (C=O) groups excluding carboxylic acids is 1. The fourth-order valence-electron chi connectivity index (χ4n) is 2.67. The Hall–Kier alpha value is -3.21. The van der Waals surface area contributed by atoms with Gasteiger partial charge < -0.3 is 15.5 Å². The van der Waals surface area contributed by atoms with Crippen molar-refractivity contribution in [2.24, 2.45) is 0 Å². The van der Waals surface area contributed by atoms with Crippen LogP contribution in [0.4, 0.5) is 5.69 Å². The molecule has 0 unspecified atom stereocenters. The van der Waals surface area contributed by atoms with Gasteiger partial charge in [-0.1, -0.05) is 24.3 Å². The minimum absolute atomic E-state index is 0.151. The summed E-state index contributed by atoms with van der Waals surface area (Å²) in [6, 6.07) is 13.0. The number of aryl methyl sites for hydroxylation is 3. The lowest BCUT2D eigenvalue weighted by Gasteiger charge is -2.09. The zero-order chi connectivity index (χ0) is 18.1. The van der Waals surface area contributed by atoms with Crippen LogP contribution in [0.5, 0.6) is 11.6 Å². The van der Waals surface area contributed by atoms with E-state index in [1.165, 1.54) is 10.8 Å². The summed E-state index contributed by atoms with van der Waals surface area (Å²) in [5.41, 5.74) is 4.22. The normalized spacial score (nSPS) is 10.7. The van der Waals surface area contributed by atoms with E-state index >= 15 is 0 Å². The van der Waals surface area contributed by atoms with E-state index in [0.29, 0.717) is 11.4 Å². The van der Waals surface area contributed by atoms with E-state index < -0.39 is 5.91 Å². The predicted molar refractivity (Wildman–Crippen MR) is 97.7 cm³/mol. The minimum Gasteiger partial charge on any atom is -0.505 e. The molecular formula is C20H20N2O3. The maximum Gasteiger partial charge on any atom is 0.264 e. The van der Waals surface area contributed by atoms with Crippen LogP contribution in [0.2, 0.25) is 0 Å². The molecule has 1 amide bonds. The Labute approximate surface area is 146 Å². The van der Waals surface area contributed by atoms with Crippen molar-refractivity contribution in [1.82, 2.24) is 4.57 Å². The van der Waals surface area contributed by atoms with E-state index in [1.807, 2.05) is 57.2 Å². The van der Waals surface area contributed by atoms with E-state index in [4.69, 9.17) is 0 Å². The van der Waals surface area contributed by atoms with Crippen LogP contribution in [0.1, 0.15) is 27.0 Å². The van der Waals surface area contributed by atoms with Gasteiger partial charge in [0.2, 0.25) is 5.88 Å². The summed E-state index contributed by atoms with van der Waals surface area (Å²) in [6.07, 6.45) is 1.34. The van der Waals surface area contributed by atoms with Crippen molar-refractivity contribution in [2.45, 2.75) is 20.8 Å². The molecule has 0 atom stereocenters. The first kappa shape index (κ1) is 16.6. The molecule has 0 saturated carbocycles. The molecule has 0 aliphatic heterocycles. The molecule has 1 aromatic heterocycles. The number of hydrogen-bond donors (Lipinski definition) is 3. The highest BCUT2D eigenvalue weighted by atomic mass is 16.3. The number of amides is 1. The Morgan fingerprint density at radius 3 is 2.36 bits per heavy atom. The third kappa shape index (κ3) is 3.08. The maximum absolute atomic E-state index is 12.5. The summed E-state index contributed by atoms with van der Waals surface area (Å²) in [6.45, 7) is 5.83. The molecule has 25 heavy (non-hydrogen) atoms. The van der Waals surface area contributed by atoms with Gasteiger partial charge in [-0.15, -0.1) is 0 Å². The standard InChI is InChI=1S/C20H20N2O3/c1-12-8-9-15(10-14(12)3)22-11-17(23)18(20(22)25)19(24)21-16-7-5-4-6-13(16)2/h4-11,23,25H,1-3H3,(H,21,24). The van der Waals surface area contributed by atoms with E-state index in [-0.39, 0.29) is 17.2 Å². The number of rotatable bonds is 3. The zero-order valence-corrected chi connectivity index (χ0v) is 14.4. The summed E-state index contributed by atoms with van der Waals surface area (Å²) in [4.78, 5) is 12.5. The maximum atomic E-state index is 12.5. The highest BCUT2D eigenvalue weighted by molar-refractivity contribution is 6.08. The molecule has 1 heterocycles. The van der Waals surface area contributed by atoms with Gasteiger partial charge >= 0.3 is 0 Å². The van der Waals surface area contributed by atoms with E-state index in [0.717, 1.165) is 16.7 Å². The number of anilines is 1. The van der Waals surface area contributed by atoms with Gasteiger partial charge in [0.25, 0.3) is 5.91 Å². The highest BCUT2D eigenvalue weighted by Crippen LogP contribution is 2.33. The number of hydrogen-bond acceptors (Lipinski definition) is 3. The number of nitrogens with zero attached hydrogens (tertiary/aromatic N) is 1. The molecule has 0 aliphatic rings. The summed E-state index contributed by atoms with van der Waals surface area (Å²) in [5, 5.41) is 23.4. The molecule has 5 heteroatoms. The van der Waals surface area contributed by atoms with Gasteiger partial charge in [-0.25, -0.2) is 0 Å². The van der Waals surface area contributed by atoms with Crippen molar-refractivity contribution in [2.75, 3.05) is 5.32 Å². The van der Waals surface area contributed by atoms with Crippen LogP contribution >= 0.6 is 0 Å². The molecule has 0 saturated heterocycles. The first-order valence-electron chi connectivity index (χ1n) is 7.96. The quantitative estimate of drug-likeness (QED) is 0.675. The second-order valence-electron chi connectivity index (χ2n) is 6.12. The topological polar surface area (TPSA) is 74.5 Å². The van der Waals surface area contributed by atoms with Crippen LogP contribution in [0.25, 0.3) is 5.69 Å². The van der Waals surface area contributed by atoms with Crippen LogP contribution < -0.4 is 5.32 Å². The van der Waals surface area contributed by atoms with E-state index in [2.05, 4.69) is 5.32 Å². The number of aromatic hydroxyl groups is 2. The Morgan fingerprint density at radius 1 is 0.960 bits per heavy atom. The molecule has 128 valence electrons. The fraction of sp³-hybridized carbons (Fsp3) is 0.150. The van der Waals surface area contributed by atoms with Crippen molar-refractivity contribution in [3.8, 4) is 17.3 Å². The van der Waals surface area contributed by atoms with Gasteiger partial charge in [0.1, 0.15) is 11.3 Å². The summed E-state index contributed by atoms with van der Waals surface area (Å²) >= 11 is 0. The van der Waals surface area contributed by atoms with E-state index in [1.54, 1.807) is 6.07 Å². The molecule has 3 aromatic rings. The molecule has 0 spiro atoms. The number of carbonyl (C=O) groups is 1. The number of para-hydroxylation sites is 1. The first-order chi connectivity index (χ1) is 11.9. The lowest BCUT2D eigenvalue weighted by atomic mass is 10.1.